The van der Waals surface area contributed by atoms with Crippen molar-refractivity contribution in [3.8, 4) is 0 Å². The number of hydrogen-bond acceptors (Lipinski definition) is 7. The summed E-state index contributed by atoms with van der Waals surface area (Å²) in [6.45, 7) is 5.03. The summed E-state index contributed by atoms with van der Waals surface area (Å²) in [5.41, 5.74) is 4.81. The van der Waals surface area contributed by atoms with Crippen molar-refractivity contribution in [2.45, 2.75) is 39.0 Å². The summed E-state index contributed by atoms with van der Waals surface area (Å²) in [5.74, 6) is -0.515. The van der Waals surface area contributed by atoms with E-state index < -0.39 is 0 Å². The van der Waals surface area contributed by atoms with E-state index in [0.717, 1.165) is 26.2 Å². The first kappa shape index (κ1) is 33.6. The largest absolute Gasteiger partial charge is 0.463 e. The molecule has 0 aromatic heterocycles. The second-order valence-corrected chi connectivity index (χ2v) is 10.9. The molecule has 0 atom stereocenters. The summed E-state index contributed by atoms with van der Waals surface area (Å²) >= 11 is 0. The molecule has 4 aromatic rings. The van der Waals surface area contributed by atoms with E-state index in [9.17, 15) is 9.59 Å². The Morgan fingerprint density at radius 2 is 0.711 bits per heavy atom. The molecule has 0 aliphatic carbocycles. The third-order valence-electron chi connectivity index (χ3n) is 7.24. The lowest BCUT2D eigenvalue weighted by Gasteiger charge is -2.22. The second-order valence-electron chi connectivity index (χ2n) is 10.9. The number of benzene rings is 4. The van der Waals surface area contributed by atoms with Gasteiger partial charge >= 0.3 is 11.9 Å². The van der Waals surface area contributed by atoms with Crippen LogP contribution in [-0.4, -0.2) is 61.3 Å². The lowest BCUT2D eigenvalue weighted by Crippen LogP contribution is -2.27. The van der Waals surface area contributed by atoms with Gasteiger partial charge in [-0.1, -0.05) is 121 Å². The van der Waals surface area contributed by atoms with Crippen molar-refractivity contribution in [2.24, 2.45) is 0 Å². The molecule has 0 aliphatic rings. The van der Waals surface area contributed by atoms with Crippen molar-refractivity contribution in [1.82, 2.24) is 9.80 Å². The Bertz CT molecular complexity index is 1180. The van der Waals surface area contributed by atoms with Gasteiger partial charge in [-0.15, -0.1) is 0 Å². The summed E-state index contributed by atoms with van der Waals surface area (Å²) in [4.78, 5) is 29.3. The van der Waals surface area contributed by atoms with Crippen molar-refractivity contribution in [1.29, 1.82) is 0 Å². The SMILES string of the molecule is O=C(CCN(Cc1ccccc1)Cc1ccccc1)OCCOCCOC(=O)CCN(Cc1ccccc1)Cc1ccccc1. The van der Waals surface area contributed by atoms with Gasteiger partial charge < -0.3 is 14.2 Å². The Labute approximate surface area is 267 Å². The van der Waals surface area contributed by atoms with Crippen LogP contribution in [0.4, 0.5) is 0 Å². The number of nitrogens with zero attached hydrogens (tertiary/aromatic N) is 2. The van der Waals surface area contributed by atoms with E-state index in [2.05, 4.69) is 58.3 Å². The highest BCUT2D eigenvalue weighted by Gasteiger charge is 2.13. The highest BCUT2D eigenvalue weighted by molar-refractivity contribution is 5.69. The molecular weight excluding hydrogens is 564 g/mol. The first-order valence-corrected chi connectivity index (χ1v) is 15.6. The molecule has 236 valence electrons. The molecule has 0 saturated heterocycles. The van der Waals surface area contributed by atoms with Crippen LogP contribution in [0.1, 0.15) is 35.1 Å². The van der Waals surface area contributed by atoms with Gasteiger partial charge in [-0.2, -0.15) is 0 Å². The van der Waals surface area contributed by atoms with Crippen LogP contribution in [0.3, 0.4) is 0 Å². The standard InChI is InChI=1S/C38H44N2O5/c41-37(21-23-39(29-33-13-5-1-6-14-33)30-34-15-7-2-8-16-34)44-27-25-43-26-28-45-38(42)22-24-40(31-35-17-9-3-10-18-35)32-36-19-11-4-12-20-36/h1-20H,21-32H2. The van der Waals surface area contributed by atoms with E-state index in [0.29, 0.717) is 25.9 Å². The van der Waals surface area contributed by atoms with Gasteiger partial charge in [-0.25, -0.2) is 0 Å². The lowest BCUT2D eigenvalue weighted by atomic mass is 10.1. The topological polar surface area (TPSA) is 68.3 Å². The van der Waals surface area contributed by atoms with E-state index in [-0.39, 0.29) is 38.4 Å². The van der Waals surface area contributed by atoms with Crippen LogP contribution < -0.4 is 0 Å². The van der Waals surface area contributed by atoms with E-state index >= 15 is 0 Å². The molecule has 4 aromatic carbocycles. The summed E-state index contributed by atoms with van der Waals surface area (Å²) in [5, 5.41) is 0. The molecule has 0 aliphatic heterocycles. The number of carbonyl (C=O) groups is 2. The molecule has 7 nitrogen and oxygen atoms in total. The van der Waals surface area contributed by atoms with Gasteiger partial charge in [-0.05, 0) is 22.3 Å². The number of hydrogen-bond donors (Lipinski definition) is 0. The first-order chi connectivity index (χ1) is 22.1. The van der Waals surface area contributed by atoms with E-state index in [1.165, 1.54) is 22.3 Å². The summed E-state index contributed by atoms with van der Waals surface area (Å²) in [7, 11) is 0. The van der Waals surface area contributed by atoms with Crippen LogP contribution in [-0.2, 0) is 50.0 Å². The molecule has 0 fully saturated rings. The maximum Gasteiger partial charge on any atom is 0.307 e. The maximum atomic E-state index is 12.4. The number of ether oxygens (including phenoxy) is 3. The smallest absolute Gasteiger partial charge is 0.307 e. The molecule has 0 N–H and O–H groups in total. The third kappa shape index (κ3) is 13.9. The number of rotatable bonds is 20. The Balaban J connectivity index is 1.08. The highest BCUT2D eigenvalue weighted by Crippen LogP contribution is 2.12. The molecule has 0 spiro atoms. The summed E-state index contributed by atoms with van der Waals surface area (Å²) < 4.78 is 16.3. The fraction of sp³-hybridized carbons (Fsp3) is 0.316. The van der Waals surface area contributed by atoms with Gasteiger partial charge in [-0.3, -0.25) is 19.4 Å². The summed E-state index contributed by atoms with van der Waals surface area (Å²) in [6, 6.07) is 41.0. The highest BCUT2D eigenvalue weighted by atomic mass is 16.6. The Hall–Kier alpha value is -4.30. The maximum absolute atomic E-state index is 12.4. The van der Waals surface area contributed by atoms with Crippen molar-refractivity contribution >= 4 is 11.9 Å². The average Bonchev–Trinajstić information content (AvgIpc) is 3.07. The molecule has 0 radical (unpaired) electrons. The quantitative estimate of drug-likeness (QED) is 0.0865. The molecule has 0 heterocycles. The lowest BCUT2D eigenvalue weighted by molar-refractivity contribution is -0.147. The van der Waals surface area contributed by atoms with Crippen LogP contribution in [0.2, 0.25) is 0 Å². The summed E-state index contributed by atoms with van der Waals surface area (Å²) in [6.07, 6.45) is 0.589. The Morgan fingerprint density at radius 3 is 1.00 bits per heavy atom. The monoisotopic (exact) mass is 608 g/mol. The van der Waals surface area contributed by atoms with E-state index in [4.69, 9.17) is 14.2 Å². The van der Waals surface area contributed by atoms with Crippen molar-refractivity contribution in [2.75, 3.05) is 39.5 Å². The molecule has 0 saturated carbocycles. The molecule has 45 heavy (non-hydrogen) atoms. The molecule has 0 bridgehead atoms. The molecule has 0 amide bonds. The van der Waals surface area contributed by atoms with Crippen LogP contribution in [0.5, 0.6) is 0 Å². The Morgan fingerprint density at radius 1 is 0.422 bits per heavy atom. The predicted octanol–water partition coefficient (Wildman–Crippen LogP) is 6.27. The van der Waals surface area contributed by atoms with Crippen LogP contribution in [0, 0.1) is 0 Å². The second kappa shape index (κ2) is 19.9. The van der Waals surface area contributed by atoms with Crippen molar-refractivity contribution in [3.05, 3.63) is 144 Å². The minimum atomic E-state index is -0.258. The van der Waals surface area contributed by atoms with Gasteiger partial charge in [0.1, 0.15) is 13.2 Å². The minimum Gasteiger partial charge on any atom is -0.463 e. The fourth-order valence-corrected chi connectivity index (χ4v) is 4.97. The van der Waals surface area contributed by atoms with Crippen molar-refractivity contribution in [3.63, 3.8) is 0 Å². The minimum absolute atomic E-state index is 0.165. The first-order valence-electron chi connectivity index (χ1n) is 15.6. The third-order valence-corrected chi connectivity index (χ3v) is 7.24. The van der Waals surface area contributed by atoms with E-state index in [1.54, 1.807) is 0 Å². The number of esters is 2. The van der Waals surface area contributed by atoms with Gasteiger partial charge in [0.15, 0.2) is 0 Å². The zero-order valence-corrected chi connectivity index (χ0v) is 26.0. The molecular formula is C38H44N2O5. The Kier molecular flexibility index (Phi) is 14.8. The predicted molar refractivity (Wildman–Crippen MR) is 176 cm³/mol. The molecule has 7 heteroatoms. The number of carbonyl (C=O) groups excluding carboxylic acids is 2. The van der Waals surface area contributed by atoms with Crippen LogP contribution in [0.25, 0.3) is 0 Å². The van der Waals surface area contributed by atoms with Crippen LogP contribution in [0.15, 0.2) is 121 Å². The van der Waals surface area contributed by atoms with Crippen LogP contribution >= 0.6 is 0 Å². The normalized spacial score (nSPS) is 11.1. The zero-order valence-electron chi connectivity index (χ0n) is 26.0. The molecule has 4 rings (SSSR count). The fourth-order valence-electron chi connectivity index (χ4n) is 4.97. The zero-order chi connectivity index (χ0) is 31.4. The van der Waals surface area contributed by atoms with Gasteiger partial charge in [0.05, 0.1) is 26.1 Å². The average molecular weight is 609 g/mol. The van der Waals surface area contributed by atoms with Gasteiger partial charge in [0.25, 0.3) is 0 Å². The van der Waals surface area contributed by atoms with Gasteiger partial charge in [0, 0.05) is 39.3 Å². The molecule has 0 unspecified atom stereocenters. The van der Waals surface area contributed by atoms with Crippen molar-refractivity contribution < 1.29 is 23.8 Å². The van der Waals surface area contributed by atoms with Gasteiger partial charge in [0.2, 0.25) is 0 Å². The van der Waals surface area contributed by atoms with E-state index in [1.807, 2.05) is 72.8 Å².